The third kappa shape index (κ3) is 3.86. The first-order valence-electron chi connectivity index (χ1n) is 5.38. The summed E-state index contributed by atoms with van der Waals surface area (Å²) in [6.07, 6.45) is 0. The predicted molar refractivity (Wildman–Crippen MR) is 73.3 cm³/mol. The Morgan fingerprint density at radius 1 is 0.941 bits per heavy atom. The predicted octanol–water partition coefficient (Wildman–Crippen LogP) is 3.80. The van der Waals surface area contributed by atoms with Gasteiger partial charge in [-0.3, -0.25) is 0 Å². The Hall–Kier alpha value is -1.91. The van der Waals surface area contributed by atoms with Crippen LogP contribution < -0.4 is 5.32 Å². The molecule has 0 heterocycles. The quantitative estimate of drug-likeness (QED) is 0.789. The zero-order valence-corrected chi connectivity index (χ0v) is 10.0. The Bertz CT molecular complexity index is 520. The van der Waals surface area contributed by atoms with Gasteiger partial charge in [-0.25, -0.2) is 0 Å². The second-order valence-electron chi connectivity index (χ2n) is 3.53. The van der Waals surface area contributed by atoms with Crippen molar-refractivity contribution in [1.29, 1.82) is 0 Å². The van der Waals surface area contributed by atoms with Crippen molar-refractivity contribution >= 4 is 17.3 Å². The number of nitrogens with one attached hydrogen (secondary N) is 1. The molecular formula is C15H12ClN. The van der Waals surface area contributed by atoms with Crippen LogP contribution in [0.3, 0.4) is 0 Å². The van der Waals surface area contributed by atoms with Crippen molar-refractivity contribution < 1.29 is 0 Å². The summed E-state index contributed by atoms with van der Waals surface area (Å²) in [5.74, 6) is 6.14. The van der Waals surface area contributed by atoms with Crippen LogP contribution in [0.2, 0.25) is 5.02 Å². The fraction of sp³-hybridized carbons (Fsp3) is 0.0667. The lowest BCUT2D eigenvalue weighted by atomic mass is 10.2. The van der Waals surface area contributed by atoms with Gasteiger partial charge in [0.1, 0.15) is 0 Å². The van der Waals surface area contributed by atoms with E-state index in [0.29, 0.717) is 6.54 Å². The highest BCUT2D eigenvalue weighted by molar-refractivity contribution is 6.30. The molecule has 0 atom stereocenters. The fourth-order valence-electron chi connectivity index (χ4n) is 1.38. The average molecular weight is 242 g/mol. The third-order valence-electron chi connectivity index (χ3n) is 2.23. The highest BCUT2D eigenvalue weighted by atomic mass is 35.5. The molecule has 0 radical (unpaired) electrons. The van der Waals surface area contributed by atoms with Crippen molar-refractivity contribution in [3.63, 3.8) is 0 Å². The van der Waals surface area contributed by atoms with Crippen molar-refractivity contribution in [3.8, 4) is 11.8 Å². The van der Waals surface area contributed by atoms with E-state index >= 15 is 0 Å². The molecule has 0 fully saturated rings. The van der Waals surface area contributed by atoms with Crippen molar-refractivity contribution in [3.05, 3.63) is 65.2 Å². The summed E-state index contributed by atoms with van der Waals surface area (Å²) in [5.41, 5.74) is 2.06. The summed E-state index contributed by atoms with van der Waals surface area (Å²) >= 11 is 5.79. The molecule has 0 aliphatic carbocycles. The molecule has 2 rings (SSSR count). The van der Waals surface area contributed by atoms with Crippen LogP contribution >= 0.6 is 11.6 Å². The maximum absolute atomic E-state index is 5.79. The van der Waals surface area contributed by atoms with Crippen LogP contribution in [0.15, 0.2) is 54.6 Å². The first-order valence-corrected chi connectivity index (χ1v) is 5.76. The number of halogens is 1. The van der Waals surface area contributed by atoms with E-state index in [4.69, 9.17) is 11.6 Å². The maximum atomic E-state index is 5.79. The summed E-state index contributed by atoms with van der Waals surface area (Å²) < 4.78 is 0. The summed E-state index contributed by atoms with van der Waals surface area (Å²) in [5, 5.41) is 3.96. The maximum Gasteiger partial charge on any atom is 0.0769 e. The van der Waals surface area contributed by atoms with Crippen LogP contribution in [0.5, 0.6) is 0 Å². The molecule has 0 unspecified atom stereocenters. The van der Waals surface area contributed by atoms with Crippen LogP contribution in [-0.2, 0) is 0 Å². The normalized spacial score (nSPS) is 9.24. The van der Waals surface area contributed by atoms with E-state index < -0.39 is 0 Å². The molecule has 17 heavy (non-hydrogen) atoms. The molecule has 0 saturated carbocycles. The second-order valence-corrected chi connectivity index (χ2v) is 3.96. The zero-order chi connectivity index (χ0) is 11.9. The summed E-state index contributed by atoms with van der Waals surface area (Å²) in [6.45, 7) is 0.632. The Labute approximate surface area is 106 Å². The van der Waals surface area contributed by atoms with Crippen molar-refractivity contribution in [2.24, 2.45) is 0 Å². The van der Waals surface area contributed by atoms with E-state index in [0.717, 1.165) is 16.3 Å². The summed E-state index contributed by atoms with van der Waals surface area (Å²) in [4.78, 5) is 0. The van der Waals surface area contributed by atoms with Crippen molar-refractivity contribution in [1.82, 2.24) is 0 Å². The van der Waals surface area contributed by atoms with Crippen LogP contribution in [0, 0.1) is 11.8 Å². The minimum Gasteiger partial charge on any atom is -0.374 e. The highest BCUT2D eigenvalue weighted by Crippen LogP contribution is 2.08. The zero-order valence-electron chi connectivity index (χ0n) is 9.28. The van der Waals surface area contributed by atoms with Gasteiger partial charge >= 0.3 is 0 Å². The number of anilines is 1. The van der Waals surface area contributed by atoms with Gasteiger partial charge in [-0.1, -0.05) is 41.6 Å². The van der Waals surface area contributed by atoms with Gasteiger partial charge in [0.2, 0.25) is 0 Å². The average Bonchev–Trinajstić information content (AvgIpc) is 2.38. The van der Waals surface area contributed by atoms with E-state index in [1.807, 2.05) is 54.6 Å². The molecule has 1 N–H and O–H groups in total. The second kappa shape index (κ2) is 5.98. The van der Waals surface area contributed by atoms with E-state index in [2.05, 4.69) is 17.2 Å². The van der Waals surface area contributed by atoms with Crippen molar-refractivity contribution in [2.45, 2.75) is 0 Å². The van der Waals surface area contributed by atoms with Crippen LogP contribution in [0.25, 0.3) is 0 Å². The van der Waals surface area contributed by atoms with Crippen LogP contribution in [0.1, 0.15) is 5.56 Å². The summed E-state index contributed by atoms with van der Waals surface area (Å²) in [6, 6.07) is 17.5. The lowest BCUT2D eigenvalue weighted by molar-refractivity contribution is 1.38. The Morgan fingerprint density at radius 3 is 2.35 bits per heavy atom. The van der Waals surface area contributed by atoms with Crippen LogP contribution in [-0.4, -0.2) is 6.54 Å². The molecular weight excluding hydrogens is 230 g/mol. The minimum absolute atomic E-state index is 0.632. The summed E-state index contributed by atoms with van der Waals surface area (Å²) in [7, 11) is 0. The molecule has 0 aromatic heterocycles. The minimum atomic E-state index is 0.632. The molecule has 0 amide bonds. The first kappa shape index (κ1) is 11.6. The molecule has 2 heteroatoms. The molecule has 2 aromatic carbocycles. The SMILES string of the molecule is Clc1ccc(C#CCNc2ccccc2)cc1. The van der Waals surface area contributed by atoms with E-state index in [1.54, 1.807) is 0 Å². The van der Waals surface area contributed by atoms with Crippen LogP contribution in [0.4, 0.5) is 5.69 Å². The molecule has 1 nitrogen and oxygen atoms in total. The van der Waals surface area contributed by atoms with Crippen molar-refractivity contribution in [2.75, 3.05) is 11.9 Å². The van der Waals surface area contributed by atoms with Gasteiger partial charge in [0.15, 0.2) is 0 Å². The molecule has 0 saturated heterocycles. The van der Waals surface area contributed by atoms with Gasteiger partial charge in [0.05, 0.1) is 6.54 Å². The smallest absolute Gasteiger partial charge is 0.0769 e. The Kier molecular flexibility index (Phi) is 4.07. The number of benzene rings is 2. The van der Waals surface area contributed by atoms with Gasteiger partial charge in [-0.2, -0.15) is 0 Å². The number of para-hydroxylation sites is 1. The van der Waals surface area contributed by atoms with Gasteiger partial charge in [-0.15, -0.1) is 0 Å². The van der Waals surface area contributed by atoms with E-state index in [1.165, 1.54) is 0 Å². The molecule has 0 spiro atoms. The van der Waals surface area contributed by atoms with Gasteiger partial charge < -0.3 is 5.32 Å². The van der Waals surface area contributed by atoms with E-state index in [9.17, 15) is 0 Å². The topological polar surface area (TPSA) is 12.0 Å². The number of hydrogen-bond acceptors (Lipinski definition) is 1. The Morgan fingerprint density at radius 2 is 1.65 bits per heavy atom. The number of rotatable bonds is 2. The molecule has 0 aliphatic rings. The van der Waals surface area contributed by atoms with E-state index in [-0.39, 0.29) is 0 Å². The lowest BCUT2D eigenvalue weighted by Crippen LogP contribution is -1.97. The monoisotopic (exact) mass is 241 g/mol. The fourth-order valence-corrected chi connectivity index (χ4v) is 1.51. The molecule has 2 aromatic rings. The molecule has 84 valence electrons. The van der Waals surface area contributed by atoms with Gasteiger partial charge in [0.25, 0.3) is 0 Å². The Balaban J connectivity index is 1.89. The van der Waals surface area contributed by atoms with Gasteiger partial charge in [-0.05, 0) is 36.4 Å². The lowest BCUT2D eigenvalue weighted by Gasteiger charge is -1.99. The first-order chi connectivity index (χ1) is 8.34. The largest absolute Gasteiger partial charge is 0.374 e. The molecule has 0 aliphatic heterocycles. The highest BCUT2D eigenvalue weighted by Gasteiger charge is 1.87. The standard InChI is InChI=1S/C15H12ClN/c16-14-10-8-13(9-11-14)5-4-12-17-15-6-2-1-3-7-15/h1-3,6-11,17H,12H2. The number of hydrogen-bond donors (Lipinski definition) is 1. The molecule has 0 bridgehead atoms. The third-order valence-corrected chi connectivity index (χ3v) is 2.48. The van der Waals surface area contributed by atoms with Gasteiger partial charge in [0, 0.05) is 16.3 Å².